The molecule has 0 fully saturated rings. The van der Waals surface area contributed by atoms with Crippen molar-refractivity contribution >= 4 is 34.4 Å². The highest BCUT2D eigenvalue weighted by Gasteiger charge is 2.17. The fraction of sp³-hybridized carbons (Fsp3) is 0.538. The lowest BCUT2D eigenvalue weighted by Gasteiger charge is -2.20. The van der Waals surface area contributed by atoms with Gasteiger partial charge in [0.05, 0.1) is 18.0 Å². The predicted octanol–water partition coefficient (Wildman–Crippen LogP) is 3.82. The molecular weight excluding hydrogens is 359 g/mol. The van der Waals surface area contributed by atoms with Gasteiger partial charge in [-0.3, -0.25) is 5.32 Å². The standard InChI is InChI=1S/C13H19IN2O3/c1-8(2)18-11-6-9(14)10(7-15-11)16-12(17)19-13(3,4)5/h6-8H,1-5H3,(H,16,17). The fourth-order valence-electron chi connectivity index (χ4n) is 1.22. The molecule has 19 heavy (non-hydrogen) atoms. The Morgan fingerprint density at radius 3 is 2.53 bits per heavy atom. The third-order valence-corrected chi connectivity index (χ3v) is 2.71. The molecule has 6 heteroatoms. The molecule has 1 rings (SSSR count). The van der Waals surface area contributed by atoms with E-state index >= 15 is 0 Å². The van der Waals surface area contributed by atoms with Gasteiger partial charge in [-0.25, -0.2) is 9.78 Å². The van der Waals surface area contributed by atoms with Gasteiger partial charge in [-0.05, 0) is 57.2 Å². The Kier molecular flexibility index (Phi) is 5.39. The van der Waals surface area contributed by atoms with Crippen LogP contribution in [0.5, 0.6) is 5.88 Å². The van der Waals surface area contributed by atoms with Gasteiger partial charge >= 0.3 is 6.09 Å². The molecule has 0 spiro atoms. The zero-order valence-corrected chi connectivity index (χ0v) is 13.9. The maximum absolute atomic E-state index is 11.6. The van der Waals surface area contributed by atoms with E-state index in [1.54, 1.807) is 12.3 Å². The maximum atomic E-state index is 11.6. The summed E-state index contributed by atoms with van der Waals surface area (Å²) in [7, 11) is 0. The molecule has 0 atom stereocenters. The zero-order valence-electron chi connectivity index (χ0n) is 11.8. The summed E-state index contributed by atoms with van der Waals surface area (Å²) in [4.78, 5) is 15.8. The van der Waals surface area contributed by atoms with Gasteiger partial charge in [0, 0.05) is 9.64 Å². The lowest BCUT2D eigenvalue weighted by Crippen LogP contribution is -2.27. The predicted molar refractivity (Wildman–Crippen MR) is 82.6 cm³/mol. The summed E-state index contributed by atoms with van der Waals surface area (Å²) in [6.07, 6.45) is 1.13. The minimum Gasteiger partial charge on any atom is -0.475 e. The van der Waals surface area contributed by atoms with Crippen LogP contribution in [-0.2, 0) is 4.74 Å². The van der Waals surface area contributed by atoms with E-state index in [0.717, 1.165) is 3.57 Å². The van der Waals surface area contributed by atoms with Gasteiger partial charge in [-0.2, -0.15) is 0 Å². The van der Waals surface area contributed by atoms with E-state index in [4.69, 9.17) is 9.47 Å². The van der Waals surface area contributed by atoms with Crippen molar-refractivity contribution < 1.29 is 14.3 Å². The first-order valence-corrected chi connectivity index (χ1v) is 7.07. The van der Waals surface area contributed by atoms with Crippen LogP contribution in [0.1, 0.15) is 34.6 Å². The molecule has 0 aromatic carbocycles. The molecule has 106 valence electrons. The number of anilines is 1. The van der Waals surface area contributed by atoms with Crippen molar-refractivity contribution in [3.05, 3.63) is 15.8 Å². The van der Waals surface area contributed by atoms with E-state index in [0.29, 0.717) is 11.6 Å². The van der Waals surface area contributed by atoms with Crippen molar-refractivity contribution in [2.45, 2.75) is 46.3 Å². The molecule has 0 saturated heterocycles. The van der Waals surface area contributed by atoms with Crippen LogP contribution >= 0.6 is 22.6 Å². The number of carbonyl (C=O) groups is 1. The van der Waals surface area contributed by atoms with E-state index < -0.39 is 11.7 Å². The number of hydrogen-bond acceptors (Lipinski definition) is 4. The molecule has 1 heterocycles. The van der Waals surface area contributed by atoms with E-state index in [-0.39, 0.29) is 6.10 Å². The van der Waals surface area contributed by atoms with Gasteiger partial charge in [-0.15, -0.1) is 0 Å². The molecule has 1 N–H and O–H groups in total. The number of rotatable bonds is 3. The smallest absolute Gasteiger partial charge is 0.412 e. The summed E-state index contributed by atoms with van der Waals surface area (Å²) < 4.78 is 11.5. The van der Waals surface area contributed by atoms with Crippen molar-refractivity contribution in [2.24, 2.45) is 0 Å². The number of carbonyl (C=O) groups excluding carboxylic acids is 1. The molecule has 0 bridgehead atoms. The molecule has 0 unspecified atom stereocenters. The number of pyridine rings is 1. The number of hydrogen-bond donors (Lipinski definition) is 1. The number of halogens is 1. The van der Waals surface area contributed by atoms with Crippen LogP contribution in [0.3, 0.4) is 0 Å². The first-order valence-electron chi connectivity index (χ1n) is 5.99. The first-order chi connectivity index (χ1) is 8.67. The monoisotopic (exact) mass is 378 g/mol. The summed E-state index contributed by atoms with van der Waals surface area (Å²) in [5.74, 6) is 0.536. The lowest BCUT2D eigenvalue weighted by molar-refractivity contribution is 0.0635. The van der Waals surface area contributed by atoms with Crippen molar-refractivity contribution in [1.29, 1.82) is 0 Å². The molecule has 1 aromatic heterocycles. The summed E-state index contributed by atoms with van der Waals surface area (Å²) in [6, 6.07) is 1.77. The summed E-state index contributed by atoms with van der Waals surface area (Å²) in [6.45, 7) is 9.31. The molecule has 1 aromatic rings. The number of ether oxygens (including phenoxy) is 2. The zero-order chi connectivity index (χ0) is 14.6. The second-order valence-electron chi connectivity index (χ2n) is 5.30. The average molecular weight is 378 g/mol. The van der Waals surface area contributed by atoms with E-state index in [2.05, 4.69) is 32.9 Å². The first kappa shape index (κ1) is 16.0. The highest BCUT2D eigenvalue weighted by atomic mass is 127. The Hall–Kier alpha value is -1.05. The second kappa shape index (κ2) is 6.40. The molecule has 0 radical (unpaired) electrons. The van der Waals surface area contributed by atoms with Crippen LogP contribution in [0.4, 0.5) is 10.5 Å². The topological polar surface area (TPSA) is 60.5 Å². The van der Waals surface area contributed by atoms with Crippen molar-refractivity contribution in [3.63, 3.8) is 0 Å². The second-order valence-corrected chi connectivity index (χ2v) is 6.46. The van der Waals surface area contributed by atoms with Crippen LogP contribution in [0.25, 0.3) is 0 Å². The van der Waals surface area contributed by atoms with Gasteiger partial charge in [0.2, 0.25) is 5.88 Å². The van der Waals surface area contributed by atoms with Gasteiger partial charge in [0.1, 0.15) is 5.60 Å². The van der Waals surface area contributed by atoms with Gasteiger partial charge < -0.3 is 9.47 Å². The average Bonchev–Trinajstić information content (AvgIpc) is 2.18. The Bertz CT molecular complexity index is 456. The maximum Gasteiger partial charge on any atom is 0.412 e. The molecule has 5 nitrogen and oxygen atoms in total. The minimum absolute atomic E-state index is 0.0629. The van der Waals surface area contributed by atoms with Crippen molar-refractivity contribution in [2.75, 3.05) is 5.32 Å². The summed E-state index contributed by atoms with van der Waals surface area (Å²) in [5, 5.41) is 2.66. The quantitative estimate of drug-likeness (QED) is 0.813. The third-order valence-electron chi connectivity index (χ3n) is 1.82. The number of amides is 1. The normalized spacial score (nSPS) is 11.3. The van der Waals surface area contributed by atoms with E-state index in [1.165, 1.54) is 0 Å². The molecule has 0 aliphatic carbocycles. The molecule has 0 saturated carbocycles. The highest BCUT2D eigenvalue weighted by Crippen LogP contribution is 2.22. The molecule has 0 aliphatic heterocycles. The number of nitrogens with one attached hydrogen (secondary N) is 1. The van der Waals surface area contributed by atoms with Crippen LogP contribution in [0.15, 0.2) is 12.3 Å². The Balaban J connectivity index is 2.72. The van der Waals surface area contributed by atoms with Crippen molar-refractivity contribution in [3.8, 4) is 5.88 Å². The van der Waals surface area contributed by atoms with Crippen LogP contribution in [-0.4, -0.2) is 22.8 Å². The van der Waals surface area contributed by atoms with Crippen molar-refractivity contribution in [1.82, 2.24) is 4.98 Å². The number of nitrogens with zero attached hydrogens (tertiary/aromatic N) is 1. The van der Waals surface area contributed by atoms with E-state index in [1.807, 2.05) is 34.6 Å². The minimum atomic E-state index is -0.524. The van der Waals surface area contributed by atoms with Crippen LogP contribution < -0.4 is 10.1 Å². The van der Waals surface area contributed by atoms with Gasteiger partial charge in [0.15, 0.2) is 0 Å². The SMILES string of the molecule is CC(C)Oc1cc(I)c(NC(=O)OC(C)(C)C)cn1. The summed E-state index contributed by atoms with van der Waals surface area (Å²) >= 11 is 2.11. The lowest BCUT2D eigenvalue weighted by atomic mass is 10.2. The number of aromatic nitrogens is 1. The fourth-order valence-corrected chi connectivity index (χ4v) is 1.77. The Labute approximate surface area is 127 Å². The highest BCUT2D eigenvalue weighted by molar-refractivity contribution is 14.1. The Morgan fingerprint density at radius 1 is 1.42 bits per heavy atom. The molecule has 1 amide bonds. The van der Waals surface area contributed by atoms with E-state index in [9.17, 15) is 4.79 Å². The largest absolute Gasteiger partial charge is 0.475 e. The van der Waals surface area contributed by atoms with Crippen LogP contribution in [0, 0.1) is 3.57 Å². The summed E-state index contributed by atoms with van der Waals surface area (Å²) in [5.41, 5.74) is 0.0786. The van der Waals surface area contributed by atoms with Gasteiger partial charge in [0.25, 0.3) is 0 Å². The molecular formula is C13H19IN2O3. The molecule has 0 aliphatic rings. The van der Waals surface area contributed by atoms with Gasteiger partial charge in [-0.1, -0.05) is 0 Å². The van der Waals surface area contributed by atoms with Crippen LogP contribution in [0.2, 0.25) is 0 Å². The third kappa shape index (κ3) is 6.09. The Morgan fingerprint density at radius 2 is 2.05 bits per heavy atom.